The minimum absolute atomic E-state index is 0.485. The lowest BCUT2D eigenvalue weighted by Crippen LogP contribution is -2.42. The Balaban J connectivity index is 3.88. The third-order valence-corrected chi connectivity index (χ3v) is 3.24. The molecule has 98 valence electrons. The van der Waals surface area contributed by atoms with Gasteiger partial charge in [0.25, 0.3) is 0 Å². The summed E-state index contributed by atoms with van der Waals surface area (Å²) in [5.41, 5.74) is 0. The first-order valence-electron chi connectivity index (χ1n) is 6.47. The Morgan fingerprint density at radius 2 is 1.81 bits per heavy atom. The minimum Gasteiger partial charge on any atom is -0.383 e. The first-order valence-corrected chi connectivity index (χ1v) is 6.47. The van der Waals surface area contributed by atoms with Gasteiger partial charge >= 0.3 is 0 Å². The molecule has 0 aromatic carbocycles. The van der Waals surface area contributed by atoms with Gasteiger partial charge in [0.1, 0.15) is 0 Å². The lowest BCUT2D eigenvalue weighted by atomic mass is 10.1. The summed E-state index contributed by atoms with van der Waals surface area (Å²) in [6.45, 7) is 10.9. The van der Waals surface area contributed by atoms with Crippen molar-refractivity contribution in [3.8, 4) is 0 Å². The summed E-state index contributed by atoms with van der Waals surface area (Å²) >= 11 is 0. The van der Waals surface area contributed by atoms with Gasteiger partial charge in [-0.3, -0.25) is 4.90 Å². The van der Waals surface area contributed by atoms with Gasteiger partial charge in [0.05, 0.1) is 6.61 Å². The van der Waals surface area contributed by atoms with E-state index in [0.29, 0.717) is 18.1 Å². The molecule has 0 fully saturated rings. The van der Waals surface area contributed by atoms with E-state index < -0.39 is 0 Å². The fourth-order valence-corrected chi connectivity index (χ4v) is 1.95. The highest BCUT2D eigenvalue weighted by Gasteiger charge is 2.17. The molecule has 0 bridgehead atoms. The number of likely N-dealkylation sites (N-methyl/N-ethyl adjacent to an activating group) is 1. The van der Waals surface area contributed by atoms with Crippen molar-refractivity contribution in [1.82, 2.24) is 10.2 Å². The van der Waals surface area contributed by atoms with Gasteiger partial charge in [0.15, 0.2) is 0 Å². The zero-order valence-electron chi connectivity index (χ0n) is 11.9. The summed E-state index contributed by atoms with van der Waals surface area (Å²) in [6.07, 6.45) is 2.39. The molecule has 0 saturated carbocycles. The van der Waals surface area contributed by atoms with Crippen LogP contribution in [-0.4, -0.2) is 50.3 Å². The molecule has 0 aromatic heterocycles. The maximum atomic E-state index is 5.19. The van der Waals surface area contributed by atoms with Crippen LogP contribution in [0.3, 0.4) is 0 Å². The standard InChI is InChI=1S/C13H30N2O/c1-7-8-14-11(2)9-12(3)15(5)13(4)10-16-6/h11-14H,7-10H2,1-6H3. The second-order valence-electron chi connectivity index (χ2n) is 4.91. The van der Waals surface area contributed by atoms with E-state index in [1.54, 1.807) is 7.11 Å². The molecule has 3 atom stereocenters. The van der Waals surface area contributed by atoms with Crippen LogP contribution < -0.4 is 5.32 Å². The van der Waals surface area contributed by atoms with Crippen LogP contribution in [0.4, 0.5) is 0 Å². The van der Waals surface area contributed by atoms with Crippen molar-refractivity contribution >= 4 is 0 Å². The topological polar surface area (TPSA) is 24.5 Å². The monoisotopic (exact) mass is 230 g/mol. The van der Waals surface area contributed by atoms with Gasteiger partial charge in [-0.05, 0) is 47.2 Å². The number of rotatable bonds is 9. The average molecular weight is 230 g/mol. The fraction of sp³-hybridized carbons (Fsp3) is 1.00. The third-order valence-electron chi connectivity index (χ3n) is 3.24. The van der Waals surface area contributed by atoms with Gasteiger partial charge < -0.3 is 10.1 Å². The van der Waals surface area contributed by atoms with E-state index in [1.807, 2.05) is 0 Å². The van der Waals surface area contributed by atoms with Crippen LogP contribution in [0.15, 0.2) is 0 Å². The van der Waals surface area contributed by atoms with E-state index >= 15 is 0 Å². The predicted octanol–water partition coefficient (Wildman–Crippen LogP) is 2.12. The van der Waals surface area contributed by atoms with Gasteiger partial charge in [0, 0.05) is 25.2 Å². The molecular weight excluding hydrogens is 200 g/mol. The van der Waals surface area contributed by atoms with Crippen LogP contribution in [0.2, 0.25) is 0 Å². The van der Waals surface area contributed by atoms with E-state index in [0.717, 1.165) is 13.2 Å². The van der Waals surface area contributed by atoms with Gasteiger partial charge in [-0.1, -0.05) is 6.92 Å². The zero-order valence-corrected chi connectivity index (χ0v) is 11.9. The molecule has 1 N–H and O–H groups in total. The molecule has 0 radical (unpaired) electrons. The number of nitrogens with zero attached hydrogens (tertiary/aromatic N) is 1. The van der Waals surface area contributed by atoms with Crippen molar-refractivity contribution < 1.29 is 4.74 Å². The average Bonchev–Trinajstić information content (AvgIpc) is 2.25. The number of ether oxygens (including phenoxy) is 1. The second kappa shape index (κ2) is 8.97. The Morgan fingerprint density at radius 3 is 2.31 bits per heavy atom. The molecule has 3 heteroatoms. The van der Waals surface area contributed by atoms with E-state index in [4.69, 9.17) is 4.74 Å². The first-order chi connectivity index (χ1) is 7.52. The van der Waals surface area contributed by atoms with Gasteiger partial charge in [0.2, 0.25) is 0 Å². The summed E-state index contributed by atoms with van der Waals surface area (Å²) in [6, 6.07) is 1.66. The SMILES string of the molecule is CCCNC(C)CC(C)N(C)C(C)COC. The molecule has 0 spiro atoms. The highest BCUT2D eigenvalue weighted by molar-refractivity contribution is 4.74. The van der Waals surface area contributed by atoms with Crippen LogP contribution in [-0.2, 0) is 4.74 Å². The molecule has 0 amide bonds. The molecule has 3 nitrogen and oxygen atoms in total. The zero-order chi connectivity index (χ0) is 12.6. The Labute approximate surface area is 102 Å². The predicted molar refractivity (Wildman–Crippen MR) is 70.9 cm³/mol. The fourth-order valence-electron chi connectivity index (χ4n) is 1.95. The smallest absolute Gasteiger partial charge is 0.0615 e. The molecule has 0 aliphatic carbocycles. The molecule has 0 saturated heterocycles. The van der Waals surface area contributed by atoms with Crippen molar-refractivity contribution in [3.63, 3.8) is 0 Å². The molecule has 0 rings (SSSR count). The highest BCUT2D eigenvalue weighted by Crippen LogP contribution is 2.09. The summed E-state index contributed by atoms with van der Waals surface area (Å²) in [5, 5.41) is 3.53. The Kier molecular flexibility index (Phi) is 8.90. The molecule has 0 aliphatic heterocycles. The summed E-state index contributed by atoms with van der Waals surface area (Å²) in [5.74, 6) is 0. The molecule has 0 aromatic rings. The van der Waals surface area contributed by atoms with Crippen molar-refractivity contribution in [2.45, 2.75) is 58.7 Å². The minimum atomic E-state index is 0.485. The van der Waals surface area contributed by atoms with Crippen LogP contribution >= 0.6 is 0 Å². The maximum absolute atomic E-state index is 5.19. The van der Waals surface area contributed by atoms with Crippen molar-refractivity contribution in [2.75, 3.05) is 27.3 Å². The van der Waals surface area contributed by atoms with Gasteiger partial charge in [-0.2, -0.15) is 0 Å². The largest absolute Gasteiger partial charge is 0.383 e. The molecule has 3 unspecified atom stereocenters. The van der Waals surface area contributed by atoms with Crippen LogP contribution in [0.25, 0.3) is 0 Å². The number of methoxy groups -OCH3 is 1. The Morgan fingerprint density at radius 1 is 1.19 bits per heavy atom. The number of nitrogens with one attached hydrogen (secondary N) is 1. The first kappa shape index (κ1) is 15.9. The summed E-state index contributed by atoms with van der Waals surface area (Å²) < 4.78 is 5.19. The molecular formula is C13H30N2O. The Bertz CT molecular complexity index is 164. The van der Waals surface area contributed by atoms with Crippen molar-refractivity contribution in [1.29, 1.82) is 0 Å². The van der Waals surface area contributed by atoms with Crippen LogP contribution in [0.5, 0.6) is 0 Å². The summed E-state index contributed by atoms with van der Waals surface area (Å²) in [7, 11) is 3.95. The number of hydrogen-bond acceptors (Lipinski definition) is 3. The van der Waals surface area contributed by atoms with E-state index in [2.05, 4.69) is 45.0 Å². The molecule has 16 heavy (non-hydrogen) atoms. The molecule has 0 aliphatic rings. The number of hydrogen-bond donors (Lipinski definition) is 1. The highest BCUT2D eigenvalue weighted by atomic mass is 16.5. The maximum Gasteiger partial charge on any atom is 0.0615 e. The van der Waals surface area contributed by atoms with Crippen molar-refractivity contribution in [2.24, 2.45) is 0 Å². The van der Waals surface area contributed by atoms with Crippen LogP contribution in [0.1, 0.15) is 40.5 Å². The lowest BCUT2D eigenvalue weighted by Gasteiger charge is -2.32. The normalized spacial score (nSPS) is 17.4. The van der Waals surface area contributed by atoms with Gasteiger partial charge in [-0.15, -0.1) is 0 Å². The second-order valence-corrected chi connectivity index (χ2v) is 4.91. The van der Waals surface area contributed by atoms with Gasteiger partial charge in [-0.25, -0.2) is 0 Å². The van der Waals surface area contributed by atoms with E-state index in [1.165, 1.54) is 12.8 Å². The quantitative estimate of drug-likeness (QED) is 0.656. The van der Waals surface area contributed by atoms with Crippen LogP contribution in [0, 0.1) is 0 Å². The Hall–Kier alpha value is -0.120. The van der Waals surface area contributed by atoms with E-state index in [9.17, 15) is 0 Å². The summed E-state index contributed by atoms with van der Waals surface area (Å²) in [4.78, 5) is 2.40. The van der Waals surface area contributed by atoms with Crippen molar-refractivity contribution in [3.05, 3.63) is 0 Å². The third kappa shape index (κ3) is 6.46. The lowest BCUT2D eigenvalue weighted by molar-refractivity contribution is 0.0885. The molecule has 0 heterocycles. The van der Waals surface area contributed by atoms with E-state index in [-0.39, 0.29) is 0 Å².